The second-order valence-corrected chi connectivity index (χ2v) is 4.44. The van der Waals surface area contributed by atoms with Crippen LogP contribution in [0.1, 0.15) is 19.8 Å². The van der Waals surface area contributed by atoms with Crippen LogP contribution < -0.4 is 5.73 Å². The maximum absolute atomic E-state index is 7.19. The molecule has 1 heterocycles. The summed E-state index contributed by atoms with van der Waals surface area (Å²) in [5.41, 5.74) is 5.34. The minimum absolute atomic E-state index is 0.134. The third-order valence-electron chi connectivity index (χ3n) is 1.99. The van der Waals surface area contributed by atoms with E-state index in [0.29, 0.717) is 6.10 Å². The maximum atomic E-state index is 7.19. The lowest BCUT2D eigenvalue weighted by molar-refractivity contribution is 0.129. The molecular weight excluding hydrogens is 172 g/mol. The Morgan fingerprint density at radius 3 is 3.08 bits per heavy atom. The number of ether oxygens (including phenoxy) is 1. The summed E-state index contributed by atoms with van der Waals surface area (Å²) in [4.78, 5) is 0. The van der Waals surface area contributed by atoms with Crippen LogP contribution in [0.3, 0.4) is 0 Å². The molecule has 0 spiro atoms. The minimum atomic E-state index is 0.134. The minimum Gasteiger partial charge on any atom is -0.387 e. The van der Waals surface area contributed by atoms with E-state index in [4.69, 9.17) is 15.9 Å². The molecule has 1 aliphatic rings. The van der Waals surface area contributed by atoms with Crippen molar-refractivity contribution in [3.05, 3.63) is 0 Å². The second kappa shape index (κ2) is 4.72. The molecule has 0 aromatic rings. The number of amidine groups is 1. The lowest BCUT2D eigenvalue weighted by Gasteiger charge is -2.12. The van der Waals surface area contributed by atoms with Crippen LogP contribution in [0.15, 0.2) is 0 Å². The molecule has 0 radical (unpaired) electrons. The summed E-state index contributed by atoms with van der Waals surface area (Å²) in [5.74, 6) is 1.23. The summed E-state index contributed by atoms with van der Waals surface area (Å²) in [5, 5.41) is 7.32. The number of rotatable bonds is 4. The Hall–Kier alpha value is -0.220. The molecule has 0 bridgehead atoms. The number of nitrogens with two attached hydrogens (primary N) is 1. The van der Waals surface area contributed by atoms with Crippen molar-refractivity contribution in [1.29, 1.82) is 5.41 Å². The molecule has 1 saturated heterocycles. The molecule has 0 aromatic carbocycles. The zero-order valence-electron chi connectivity index (χ0n) is 7.38. The van der Waals surface area contributed by atoms with E-state index >= 15 is 0 Å². The van der Waals surface area contributed by atoms with Crippen molar-refractivity contribution in [2.24, 2.45) is 5.73 Å². The molecule has 3 N–H and O–H groups in total. The van der Waals surface area contributed by atoms with Crippen molar-refractivity contribution in [2.75, 3.05) is 12.4 Å². The molecule has 1 aliphatic heterocycles. The first-order valence-electron chi connectivity index (χ1n) is 4.27. The lowest BCUT2D eigenvalue weighted by atomic mass is 10.3. The molecule has 3 nitrogen and oxygen atoms in total. The van der Waals surface area contributed by atoms with Crippen LogP contribution in [-0.4, -0.2) is 29.5 Å². The Morgan fingerprint density at radius 1 is 1.83 bits per heavy atom. The van der Waals surface area contributed by atoms with Gasteiger partial charge in [0.15, 0.2) is 0 Å². The Kier molecular flexibility index (Phi) is 3.88. The van der Waals surface area contributed by atoms with Gasteiger partial charge in [0.1, 0.15) is 5.84 Å². The van der Waals surface area contributed by atoms with Gasteiger partial charge in [0, 0.05) is 12.4 Å². The number of hydrogen-bond donors (Lipinski definition) is 2. The van der Waals surface area contributed by atoms with Gasteiger partial charge in [0.25, 0.3) is 0 Å². The van der Waals surface area contributed by atoms with E-state index in [2.05, 4.69) is 0 Å². The van der Waals surface area contributed by atoms with Crippen LogP contribution in [0, 0.1) is 5.41 Å². The number of thioether (sulfide) groups is 1. The average Bonchev–Trinajstić information content (AvgIpc) is 2.51. The van der Waals surface area contributed by atoms with Gasteiger partial charge in [-0.3, -0.25) is 5.41 Å². The van der Waals surface area contributed by atoms with Gasteiger partial charge in [0.2, 0.25) is 0 Å². The topological polar surface area (TPSA) is 59.1 Å². The molecule has 12 heavy (non-hydrogen) atoms. The van der Waals surface area contributed by atoms with Gasteiger partial charge in [0.05, 0.1) is 11.4 Å². The number of hydrogen-bond acceptors (Lipinski definition) is 3. The van der Waals surface area contributed by atoms with Crippen LogP contribution in [-0.2, 0) is 4.74 Å². The molecular formula is C8H16N2OS. The van der Waals surface area contributed by atoms with Gasteiger partial charge in [-0.1, -0.05) is 0 Å². The SMILES string of the molecule is CC(SCC1CCCO1)C(=N)N. The predicted molar refractivity (Wildman–Crippen MR) is 52.8 cm³/mol. The van der Waals surface area contributed by atoms with Crippen LogP contribution in [0.2, 0.25) is 0 Å². The molecule has 0 saturated carbocycles. The largest absolute Gasteiger partial charge is 0.387 e. The highest BCUT2D eigenvalue weighted by Gasteiger charge is 2.17. The predicted octanol–water partition coefficient (Wildman–Crippen LogP) is 1.22. The molecule has 1 rings (SSSR count). The lowest BCUT2D eigenvalue weighted by Crippen LogP contribution is -2.23. The molecule has 0 amide bonds. The van der Waals surface area contributed by atoms with E-state index in [9.17, 15) is 0 Å². The Balaban J connectivity index is 2.11. The van der Waals surface area contributed by atoms with E-state index in [0.717, 1.165) is 18.8 Å². The molecule has 70 valence electrons. The summed E-state index contributed by atoms with van der Waals surface area (Å²) < 4.78 is 5.45. The summed E-state index contributed by atoms with van der Waals surface area (Å²) >= 11 is 1.71. The highest BCUT2D eigenvalue weighted by Crippen LogP contribution is 2.19. The van der Waals surface area contributed by atoms with E-state index in [1.165, 1.54) is 6.42 Å². The molecule has 4 heteroatoms. The van der Waals surface area contributed by atoms with Gasteiger partial charge in [-0.25, -0.2) is 0 Å². The first-order chi connectivity index (χ1) is 5.70. The van der Waals surface area contributed by atoms with E-state index in [-0.39, 0.29) is 11.1 Å². The van der Waals surface area contributed by atoms with Crippen LogP contribution >= 0.6 is 11.8 Å². The Morgan fingerprint density at radius 2 is 2.58 bits per heavy atom. The van der Waals surface area contributed by atoms with Crippen molar-refractivity contribution in [1.82, 2.24) is 0 Å². The van der Waals surface area contributed by atoms with Gasteiger partial charge in [-0.2, -0.15) is 0 Å². The highest BCUT2D eigenvalue weighted by atomic mass is 32.2. The summed E-state index contributed by atoms with van der Waals surface area (Å²) in [6, 6.07) is 0. The normalized spacial score (nSPS) is 25.6. The van der Waals surface area contributed by atoms with Gasteiger partial charge in [-0.05, 0) is 19.8 Å². The van der Waals surface area contributed by atoms with Crippen molar-refractivity contribution < 1.29 is 4.74 Å². The Bertz CT molecular complexity index is 157. The first-order valence-corrected chi connectivity index (χ1v) is 5.32. The first kappa shape index (κ1) is 9.86. The van der Waals surface area contributed by atoms with Crippen LogP contribution in [0.4, 0.5) is 0 Å². The third-order valence-corrected chi connectivity index (χ3v) is 3.31. The van der Waals surface area contributed by atoms with Crippen molar-refractivity contribution in [2.45, 2.75) is 31.1 Å². The number of nitrogens with one attached hydrogen (secondary N) is 1. The van der Waals surface area contributed by atoms with Crippen LogP contribution in [0.25, 0.3) is 0 Å². The van der Waals surface area contributed by atoms with Crippen LogP contribution in [0.5, 0.6) is 0 Å². The van der Waals surface area contributed by atoms with E-state index < -0.39 is 0 Å². The van der Waals surface area contributed by atoms with E-state index in [1.807, 2.05) is 6.92 Å². The second-order valence-electron chi connectivity index (χ2n) is 3.07. The monoisotopic (exact) mass is 188 g/mol. The average molecular weight is 188 g/mol. The fraction of sp³-hybridized carbons (Fsp3) is 0.875. The fourth-order valence-corrected chi connectivity index (χ4v) is 2.06. The molecule has 0 aliphatic carbocycles. The van der Waals surface area contributed by atoms with Gasteiger partial charge >= 0.3 is 0 Å². The molecule has 1 fully saturated rings. The van der Waals surface area contributed by atoms with Crippen molar-refractivity contribution in [3.63, 3.8) is 0 Å². The summed E-state index contributed by atoms with van der Waals surface area (Å²) in [6.07, 6.45) is 2.74. The fourth-order valence-electron chi connectivity index (χ4n) is 1.12. The summed E-state index contributed by atoms with van der Waals surface area (Å²) in [7, 11) is 0. The summed E-state index contributed by atoms with van der Waals surface area (Å²) in [6.45, 7) is 2.86. The zero-order chi connectivity index (χ0) is 8.97. The van der Waals surface area contributed by atoms with Crippen molar-refractivity contribution in [3.8, 4) is 0 Å². The maximum Gasteiger partial charge on any atom is 0.104 e. The van der Waals surface area contributed by atoms with Gasteiger partial charge < -0.3 is 10.5 Å². The molecule has 2 atom stereocenters. The third kappa shape index (κ3) is 3.03. The highest BCUT2D eigenvalue weighted by molar-refractivity contribution is 8.00. The quantitative estimate of drug-likeness (QED) is 0.515. The van der Waals surface area contributed by atoms with E-state index in [1.54, 1.807) is 11.8 Å². The van der Waals surface area contributed by atoms with Crippen molar-refractivity contribution >= 4 is 17.6 Å². The standard InChI is InChI=1S/C8H16N2OS/c1-6(8(9)10)12-5-7-3-2-4-11-7/h6-7H,2-5H2,1H3,(H3,9,10). The Labute approximate surface area is 77.5 Å². The zero-order valence-corrected chi connectivity index (χ0v) is 8.19. The van der Waals surface area contributed by atoms with Gasteiger partial charge in [-0.15, -0.1) is 11.8 Å². The smallest absolute Gasteiger partial charge is 0.104 e. The molecule has 2 unspecified atom stereocenters. The molecule has 0 aromatic heterocycles.